The van der Waals surface area contributed by atoms with Gasteiger partial charge in [-0.15, -0.1) is 0 Å². The highest BCUT2D eigenvalue weighted by Gasteiger charge is 2.25. The zero-order chi connectivity index (χ0) is 14.3. The molecule has 1 amide bonds. The first-order valence-corrected chi connectivity index (χ1v) is 7.72. The third-order valence-corrected chi connectivity index (χ3v) is 4.13. The number of carbonyl (C=O) groups is 1. The summed E-state index contributed by atoms with van der Waals surface area (Å²) in [5.41, 5.74) is 0. The van der Waals surface area contributed by atoms with Crippen molar-refractivity contribution in [1.29, 1.82) is 0 Å². The van der Waals surface area contributed by atoms with Crippen molar-refractivity contribution in [2.75, 3.05) is 26.7 Å². The lowest BCUT2D eigenvalue weighted by atomic mass is 10.1. The van der Waals surface area contributed by atoms with Crippen molar-refractivity contribution >= 4 is 5.91 Å². The van der Waals surface area contributed by atoms with Crippen molar-refractivity contribution in [1.82, 2.24) is 15.5 Å². The predicted octanol–water partition coefficient (Wildman–Crippen LogP) is 1.61. The van der Waals surface area contributed by atoms with E-state index in [1.54, 1.807) is 0 Å². The number of nitrogens with zero attached hydrogens (tertiary/aromatic N) is 1. The van der Waals surface area contributed by atoms with Crippen LogP contribution >= 0.6 is 0 Å². The first-order valence-electron chi connectivity index (χ1n) is 7.72. The molecule has 4 heteroatoms. The van der Waals surface area contributed by atoms with Crippen LogP contribution in [0.3, 0.4) is 0 Å². The normalized spacial score (nSPS) is 22.3. The van der Waals surface area contributed by atoms with Gasteiger partial charge in [-0.1, -0.05) is 13.8 Å². The van der Waals surface area contributed by atoms with E-state index in [4.69, 9.17) is 0 Å². The van der Waals surface area contributed by atoms with Gasteiger partial charge >= 0.3 is 0 Å². The summed E-state index contributed by atoms with van der Waals surface area (Å²) in [5, 5.41) is 6.47. The Kier molecular flexibility index (Phi) is 7.39. The molecule has 0 bridgehead atoms. The van der Waals surface area contributed by atoms with Crippen molar-refractivity contribution in [3.05, 3.63) is 0 Å². The van der Waals surface area contributed by atoms with Gasteiger partial charge in [-0.25, -0.2) is 0 Å². The zero-order valence-corrected chi connectivity index (χ0v) is 13.0. The second kappa shape index (κ2) is 8.54. The Morgan fingerprint density at radius 2 is 2.05 bits per heavy atom. The van der Waals surface area contributed by atoms with E-state index in [0.717, 1.165) is 32.5 Å². The molecule has 0 saturated carbocycles. The third-order valence-electron chi connectivity index (χ3n) is 4.13. The van der Waals surface area contributed by atoms with E-state index in [-0.39, 0.29) is 11.9 Å². The average Bonchev–Trinajstić information content (AvgIpc) is 2.65. The van der Waals surface area contributed by atoms with E-state index in [2.05, 4.69) is 36.4 Å². The van der Waals surface area contributed by atoms with Crippen LogP contribution in [0.4, 0.5) is 0 Å². The van der Waals surface area contributed by atoms with Crippen LogP contribution in [0, 0.1) is 5.92 Å². The molecule has 0 aromatic heterocycles. The van der Waals surface area contributed by atoms with E-state index in [1.165, 1.54) is 12.8 Å². The number of rotatable bonds is 6. The molecule has 1 aliphatic heterocycles. The lowest BCUT2D eigenvalue weighted by molar-refractivity contribution is -0.126. The van der Waals surface area contributed by atoms with Gasteiger partial charge in [0.25, 0.3) is 0 Å². The quantitative estimate of drug-likeness (QED) is 0.770. The monoisotopic (exact) mass is 269 g/mol. The second-order valence-electron chi connectivity index (χ2n) is 6.15. The van der Waals surface area contributed by atoms with Crippen molar-refractivity contribution in [3.8, 4) is 0 Å². The summed E-state index contributed by atoms with van der Waals surface area (Å²) in [4.78, 5) is 14.4. The topological polar surface area (TPSA) is 44.4 Å². The lowest BCUT2D eigenvalue weighted by Crippen LogP contribution is -2.48. The predicted molar refractivity (Wildman–Crippen MR) is 80.2 cm³/mol. The summed E-state index contributed by atoms with van der Waals surface area (Å²) in [5.74, 6) is 0.807. The van der Waals surface area contributed by atoms with Gasteiger partial charge in [-0.05, 0) is 58.7 Å². The number of likely N-dealkylation sites (N-methyl/N-ethyl adjacent to an activating group) is 1. The highest BCUT2D eigenvalue weighted by molar-refractivity contribution is 5.81. The molecule has 1 saturated heterocycles. The van der Waals surface area contributed by atoms with E-state index in [0.29, 0.717) is 12.0 Å². The van der Waals surface area contributed by atoms with E-state index < -0.39 is 0 Å². The Morgan fingerprint density at radius 1 is 1.32 bits per heavy atom. The zero-order valence-electron chi connectivity index (χ0n) is 13.0. The van der Waals surface area contributed by atoms with Crippen LogP contribution in [0.2, 0.25) is 0 Å². The fraction of sp³-hybridized carbons (Fsp3) is 0.933. The van der Waals surface area contributed by atoms with Gasteiger partial charge < -0.3 is 10.6 Å². The Labute approximate surface area is 118 Å². The Bertz CT molecular complexity index is 260. The highest BCUT2D eigenvalue weighted by Crippen LogP contribution is 2.14. The van der Waals surface area contributed by atoms with Crippen LogP contribution in [0.1, 0.15) is 46.5 Å². The maximum atomic E-state index is 12.1. The number of amides is 1. The summed E-state index contributed by atoms with van der Waals surface area (Å²) < 4.78 is 0. The SMILES string of the molecule is CC(C)CCNC(=O)C(C)N(C)C1CCCNCC1. The largest absolute Gasteiger partial charge is 0.355 e. The van der Waals surface area contributed by atoms with Crippen LogP contribution in [-0.4, -0.2) is 49.6 Å². The molecule has 2 N–H and O–H groups in total. The Morgan fingerprint density at radius 3 is 2.74 bits per heavy atom. The molecule has 1 fully saturated rings. The molecule has 0 aliphatic carbocycles. The average molecular weight is 269 g/mol. The number of hydrogen-bond donors (Lipinski definition) is 2. The minimum Gasteiger partial charge on any atom is -0.355 e. The lowest BCUT2D eigenvalue weighted by Gasteiger charge is -2.31. The summed E-state index contributed by atoms with van der Waals surface area (Å²) in [7, 11) is 2.09. The van der Waals surface area contributed by atoms with Crippen LogP contribution < -0.4 is 10.6 Å². The minimum absolute atomic E-state index is 0.0322. The van der Waals surface area contributed by atoms with Crippen LogP contribution in [0.5, 0.6) is 0 Å². The van der Waals surface area contributed by atoms with Crippen molar-refractivity contribution in [2.24, 2.45) is 5.92 Å². The molecule has 19 heavy (non-hydrogen) atoms. The summed E-state index contributed by atoms with van der Waals surface area (Å²) >= 11 is 0. The number of carbonyl (C=O) groups excluding carboxylic acids is 1. The van der Waals surface area contributed by atoms with Crippen molar-refractivity contribution < 1.29 is 4.79 Å². The smallest absolute Gasteiger partial charge is 0.237 e. The van der Waals surface area contributed by atoms with Crippen molar-refractivity contribution in [3.63, 3.8) is 0 Å². The number of nitrogens with one attached hydrogen (secondary N) is 2. The summed E-state index contributed by atoms with van der Waals surface area (Å²) in [6, 6.07) is 0.496. The van der Waals surface area contributed by atoms with Gasteiger partial charge in [0.05, 0.1) is 6.04 Å². The molecule has 1 heterocycles. The first-order chi connectivity index (χ1) is 9.02. The molecule has 1 aliphatic rings. The molecule has 112 valence electrons. The van der Waals surface area contributed by atoms with Gasteiger partial charge in [0.2, 0.25) is 5.91 Å². The maximum absolute atomic E-state index is 12.1. The molecule has 2 unspecified atom stereocenters. The maximum Gasteiger partial charge on any atom is 0.237 e. The minimum atomic E-state index is -0.0322. The van der Waals surface area contributed by atoms with Gasteiger partial charge in [-0.3, -0.25) is 9.69 Å². The molecule has 4 nitrogen and oxygen atoms in total. The van der Waals surface area contributed by atoms with Crippen LogP contribution in [0.15, 0.2) is 0 Å². The van der Waals surface area contributed by atoms with Gasteiger partial charge in [0, 0.05) is 12.6 Å². The van der Waals surface area contributed by atoms with Crippen LogP contribution in [-0.2, 0) is 4.79 Å². The molecule has 0 radical (unpaired) electrons. The highest BCUT2D eigenvalue weighted by atomic mass is 16.2. The van der Waals surface area contributed by atoms with Gasteiger partial charge in [0.15, 0.2) is 0 Å². The van der Waals surface area contributed by atoms with Gasteiger partial charge in [-0.2, -0.15) is 0 Å². The molecule has 0 aromatic rings. The molecule has 2 atom stereocenters. The van der Waals surface area contributed by atoms with E-state index in [9.17, 15) is 4.79 Å². The second-order valence-corrected chi connectivity index (χ2v) is 6.15. The van der Waals surface area contributed by atoms with E-state index >= 15 is 0 Å². The summed E-state index contributed by atoms with van der Waals surface area (Å²) in [6.07, 6.45) is 4.58. The Balaban J connectivity index is 2.36. The third kappa shape index (κ3) is 5.91. The van der Waals surface area contributed by atoms with E-state index in [1.807, 2.05) is 6.92 Å². The molecule has 0 spiro atoms. The standard InChI is InChI=1S/C15H31N3O/c1-12(2)7-11-17-15(19)13(3)18(4)14-6-5-9-16-10-8-14/h12-14,16H,5-11H2,1-4H3,(H,17,19). The molecular weight excluding hydrogens is 238 g/mol. The molecular formula is C15H31N3O. The fourth-order valence-corrected chi connectivity index (χ4v) is 2.54. The first kappa shape index (κ1) is 16.4. The molecule has 0 aromatic carbocycles. The van der Waals surface area contributed by atoms with Crippen molar-refractivity contribution in [2.45, 2.75) is 58.5 Å². The molecule has 1 rings (SSSR count). The fourth-order valence-electron chi connectivity index (χ4n) is 2.54. The van der Waals surface area contributed by atoms with Crippen LogP contribution in [0.25, 0.3) is 0 Å². The summed E-state index contributed by atoms with van der Waals surface area (Å²) in [6.45, 7) is 9.35. The Hall–Kier alpha value is -0.610. The number of hydrogen-bond acceptors (Lipinski definition) is 3. The van der Waals surface area contributed by atoms with Gasteiger partial charge in [0.1, 0.15) is 0 Å².